The van der Waals surface area contributed by atoms with E-state index in [2.05, 4.69) is 10.6 Å². The van der Waals surface area contributed by atoms with Crippen molar-refractivity contribution in [1.29, 1.82) is 0 Å². The number of hydrogen-bond donors (Lipinski definition) is 2. The van der Waals surface area contributed by atoms with Crippen LogP contribution >= 0.6 is 0 Å². The average Bonchev–Trinajstić information content (AvgIpc) is 2.69. The highest BCUT2D eigenvalue weighted by Gasteiger charge is 2.22. The van der Waals surface area contributed by atoms with E-state index in [4.69, 9.17) is 0 Å². The summed E-state index contributed by atoms with van der Waals surface area (Å²) < 4.78 is 0. The summed E-state index contributed by atoms with van der Waals surface area (Å²) in [7, 11) is 0. The maximum Gasteiger partial charge on any atom is 0.282 e. The zero-order valence-electron chi connectivity index (χ0n) is 14.8. The van der Waals surface area contributed by atoms with Gasteiger partial charge in [-0.1, -0.05) is 37.5 Å². The fourth-order valence-electron chi connectivity index (χ4n) is 3.31. The molecular weight excluding hydrogens is 346 g/mol. The number of carbonyl (C=O) groups is 2. The van der Waals surface area contributed by atoms with Gasteiger partial charge < -0.3 is 10.6 Å². The molecule has 7 nitrogen and oxygen atoms in total. The van der Waals surface area contributed by atoms with E-state index in [1.165, 1.54) is 24.6 Å². The lowest BCUT2D eigenvalue weighted by Gasteiger charge is -2.20. The number of nitro benzene ring substituents is 1. The van der Waals surface area contributed by atoms with Crippen LogP contribution in [0, 0.1) is 16.0 Å². The van der Waals surface area contributed by atoms with Crippen LogP contribution in [0.2, 0.25) is 0 Å². The summed E-state index contributed by atoms with van der Waals surface area (Å²) in [5, 5.41) is 16.6. The maximum atomic E-state index is 12.4. The second kappa shape index (κ2) is 8.44. The Morgan fingerprint density at radius 3 is 2.30 bits per heavy atom. The van der Waals surface area contributed by atoms with Crippen molar-refractivity contribution < 1.29 is 14.5 Å². The molecule has 2 aromatic rings. The number of rotatable bonds is 5. The molecule has 3 rings (SSSR count). The predicted molar refractivity (Wildman–Crippen MR) is 103 cm³/mol. The van der Waals surface area contributed by atoms with Crippen molar-refractivity contribution in [3.63, 3.8) is 0 Å². The van der Waals surface area contributed by atoms with Gasteiger partial charge in [-0.15, -0.1) is 0 Å². The first-order chi connectivity index (χ1) is 13.0. The number of nitrogens with one attached hydrogen (secondary N) is 2. The van der Waals surface area contributed by atoms with E-state index >= 15 is 0 Å². The van der Waals surface area contributed by atoms with Gasteiger partial charge in [0.05, 0.1) is 4.92 Å². The molecule has 2 amide bonds. The van der Waals surface area contributed by atoms with Gasteiger partial charge in [-0.25, -0.2) is 0 Å². The number of para-hydroxylation sites is 1. The lowest BCUT2D eigenvalue weighted by atomic mass is 9.88. The topological polar surface area (TPSA) is 101 Å². The third-order valence-electron chi connectivity index (χ3n) is 4.71. The third-order valence-corrected chi connectivity index (χ3v) is 4.71. The van der Waals surface area contributed by atoms with Crippen molar-refractivity contribution in [3.05, 3.63) is 64.2 Å². The SMILES string of the molecule is O=C(Nc1cccc(NC(=O)C2CCCCC2)c1)c1ccccc1[N+](=O)[O-]. The van der Waals surface area contributed by atoms with Crippen LogP contribution in [0.4, 0.5) is 17.1 Å². The summed E-state index contributed by atoms with van der Waals surface area (Å²) in [5.41, 5.74) is 0.779. The molecule has 0 radical (unpaired) electrons. The molecule has 1 aliphatic carbocycles. The summed E-state index contributed by atoms with van der Waals surface area (Å²) in [6.45, 7) is 0. The Kier molecular flexibility index (Phi) is 5.80. The van der Waals surface area contributed by atoms with Crippen LogP contribution in [-0.2, 0) is 4.79 Å². The summed E-state index contributed by atoms with van der Waals surface area (Å²) in [6, 6.07) is 12.6. The van der Waals surface area contributed by atoms with Gasteiger partial charge in [0, 0.05) is 23.4 Å². The molecule has 2 aromatic carbocycles. The van der Waals surface area contributed by atoms with E-state index in [9.17, 15) is 19.7 Å². The van der Waals surface area contributed by atoms with Gasteiger partial charge >= 0.3 is 0 Å². The Morgan fingerprint density at radius 2 is 1.59 bits per heavy atom. The van der Waals surface area contributed by atoms with Crippen LogP contribution in [0.15, 0.2) is 48.5 Å². The standard InChI is InChI=1S/C20H21N3O4/c24-19(14-7-2-1-3-8-14)21-15-9-6-10-16(13-15)22-20(25)17-11-4-5-12-18(17)23(26)27/h4-6,9-14H,1-3,7-8H2,(H,21,24)(H,22,25). The lowest BCUT2D eigenvalue weighted by Crippen LogP contribution is -2.24. The molecule has 27 heavy (non-hydrogen) atoms. The Hall–Kier alpha value is -3.22. The van der Waals surface area contributed by atoms with Crippen LogP contribution < -0.4 is 10.6 Å². The monoisotopic (exact) mass is 367 g/mol. The number of benzene rings is 2. The highest BCUT2D eigenvalue weighted by atomic mass is 16.6. The molecule has 0 aliphatic heterocycles. The highest BCUT2D eigenvalue weighted by Crippen LogP contribution is 2.26. The van der Waals surface area contributed by atoms with Crippen LogP contribution in [0.1, 0.15) is 42.5 Å². The van der Waals surface area contributed by atoms with Crippen molar-refractivity contribution in [2.75, 3.05) is 10.6 Å². The van der Waals surface area contributed by atoms with Gasteiger partial charge in [-0.3, -0.25) is 19.7 Å². The van der Waals surface area contributed by atoms with Gasteiger partial charge in [0.1, 0.15) is 5.56 Å². The molecule has 0 saturated heterocycles. The molecule has 0 bridgehead atoms. The van der Waals surface area contributed by atoms with Crippen LogP contribution in [0.25, 0.3) is 0 Å². The predicted octanol–water partition coefficient (Wildman–Crippen LogP) is 4.37. The molecule has 0 aromatic heterocycles. The van der Waals surface area contributed by atoms with Crippen LogP contribution in [0.3, 0.4) is 0 Å². The van der Waals surface area contributed by atoms with Crippen LogP contribution in [0.5, 0.6) is 0 Å². The van der Waals surface area contributed by atoms with Gasteiger partial charge in [0.25, 0.3) is 11.6 Å². The number of hydrogen-bond acceptors (Lipinski definition) is 4. The zero-order chi connectivity index (χ0) is 19.2. The molecule has 7 heteroatoms. The smallest absolute Gasteiger partial charge is 0.282 e. The number of nitro groups is 1. The number of anilines is 2. The Labute approximate surface area is 156 Å². The average molecular weight is 367 g/mol. The molecule has 0 spiro atoms. The fourth-order valence-corrected chi connectivity index (χ4v) is 3.31. The Balaban J connectivity index is 1.69. The maximum absolute atomic E-state index is 12.4. The number of carbonyl (C=O) groups excluding carboxylic acids is 2. The molecular formula is C20H21N3O4. The minimum atomic E-state index is -0.588. The molecule has 1 fully saturated rings. The minimum absolute atomic E-state index is 0.00289. The van der Waals surface area contributed by atoms with Crippen molar-refractivity contribution in [3.8, 4) is 0 Å². The van der Waals surface area contributed by atoms with Crippen molar-refractivity contribution >= 4 is 28.9 Å². The first-order valence-corrected chi connectivity index (χ1v) is 9.00. The molecule has 2 N–H and O–H groups in total. The summed E-state index contributed by atoms with van der Waals surface area (Å²) in [5.74, 6) is -0.543. The quantitative estimate of drug-likeness (QED) is 0.605. The molecule has 0 heterocycles. The van der Waals surface area contributed by atoms with E-state index in [1.807, 2.05) is 0 Å². The number of nitrogens with zero attached hydrogens (tertiary/aromatic N) is 1. The first-order valence-electron chi connectivity index (χ1n) is 9.00. The van der Waals surface area contributed by atoms with Gasteiger partial charge in [0.2, 0.25) is 5.91 Å². The molecule has 140 valence electrons. The van der Waals surface area contributed by atoms with Gasteiger partial charge in [0.15, 0.2) is 0 Å². The summed E-state index contributed by atoms with van der Waals surface area (Å²) in [6.07, 6.45) is 5.13. The van der Waals surface area contributed by atoms with E-state index in [0.717, 1.165) is 25.7 Å². The van der Waals surface area contributed by atoms with Crippen molar-refractivity contribution in [2.24, 2.45) is 5.92 Å². The molecule has 1 aliphatic rings. The highest BCUT2D eigenvalue weighted by molar-refractivity contribution is 6.07. The second-order valence-electron chi connectivity index (χ2n) is 6.63. The molecule has 0 unspecified atom stereocenters. The zero-order valence-corrected chi connectivity index (χ0v) is 14.8. The van der Waals surface area contributed by atoms with Gasteiger partial charge in [-0.05, 0) is 37.1 Å². The van der Waals surface area contributed by atoms with Crippen LogP contribution in [-0.4, -0.2) is 16.7 Å². The largest absolute Gasteiger partial charge is 0.326 e. The minimum Gasteiger partial charge on any atom is -0.326 e. The van der Waals surface area contributed by atoms with E-state index in [0.29, 0.717) is 11.4 Å². The second-order valence-corrected chi connectivity index (χ2v) is 6.63. The normalized spacial score (nSPS) is 14.4. The van der Waals surface area contributed by atoms with Crippen molar-refractivity contribution in [2.45, 2.75) is 32.1 Å². The number of amides is 2. The van der Waals surface area contributed by atoms with E-state index in [1.54, 1.807) is 30.3 Å². The molecule has 1 saturated carbocycles. The van der Waals surface area contributed by atoms with Gasteiger partial charge in [-0.2, -0.15) is 0 Å². The Bertz CT molecular complexity index is 860. The molecule has 0 atom stereocenters. The van der Waals surface area contributed by atoms with E-state index < -0.39 is 10.8 Å². The first kappa shape index (κ1) is 18.6. The summed E-state index contributed by atoms with van der Waals surface area (Å²) in [4.78, 5) is 35.3. The van der Waals surface area contributed by atoms with Crippen molar-refractivity contribution in [1.82, 2.24) is 0 Å². The summed E-state index contributed by atoms with van der Waals surface area (Å²) >= 11 is 0. The van der Waals surface area contributed by atoms with E-state index in [-0.39, 0.29) is 23.1 Å². The lowest BCUT2D eigenvalue weighted by molar-refractivity contribution is -0.385. The Morgan fingerprint density at radius 1 is 0.926 bits per heavy atom. The third kappa shape index (κ3) is 4.69. The fraction of sp³-hybridized carbons (Fsp3) is 0.300.